The number of hydrogen-bond acceptors (Lipinski definition) is 5. The summed E-state index contributed by atoms with van der Waals surface area (Å²) in [6.45, 7) is -2.91. The van der Waals surface area contributed by atoms with Crippen molar-refractivity contribution in [1.29, 1.82) is 0 Å². The van der Waals surface area contributed by atoms with Crippen LogP contribution in [0.15, 0.2) is 30.6 Å². The largest absolute Gasteiger partial charge is 0.434 e. The standard InChI is InChI=1S/C12H9F2N5O/c13-12(14)20-7-4-2-1-3-6(7)10-18-8-9(15)16-5-17-11(8)19-10/h1-5,12H,(H3,15,16,17,18,19). The molecule has 3 rings (SSSR count). The number of nitrogen functional groups attached to an aromatic ring is 1. The van der Waals surface area contributed by atoms with Gasteiger partial charge in [0.1, 0.15) is 23.4 Å². The zero-order chi connectivity index (χ0) is 14.1. The van der Waals surface area contributed by atoms with Gasteiger partial charge in [0.05, 0.1) is 5.56 Å². The van der Waals surface area contributed by atoms with Gasteiger partial charge in [-0.25, -0.2) is 15.0 Å². The van der Waals surface area contributed by atoms with Gasteiger partial charge in [0.2, 0.25) is 0 Å². The Kier molecular flexibility index (Phi) is 2.90. The molecule has 2 heterocycles. The van der Waals surface area contributed by atoms with Crippen LogP contribution in [0.3, 0.4) is 0 Å². The lowest BCUT2D eigenvalue weighted by molar-refractivity contribution is -0.0494. The minimum absolute atomic E-state index is 0.0214. The molecule has 0 spiro atoms. The number of para-hydroxylation sites is 1. The summed E-state index contributed by atoms with van der Waals surface area (Å²) in [7, 11) is 0. The Morgan fingerprint density at radius 2 is 2.00 bits per heavy atom. The molecule has 0 saturated carbocycles. The average molecular weight is 277 g/mol. The predicted molar refractivity (Wildman–Crippen MR) is 68.2 cm³/mol. The third-order valence-electron chi connectivity index (χ3n) is 2.68. The number of anilines is 1. The minimum Gasteiger partial charge on any atom is -0.434 e. The fourth-order valence-electron chi connectivity index (χ4n) is 1.83. The van der Waals surface area contributed by atoms with Gasteiger partial charge in [0.25, 0.3) is 0 Å². The van der Waals surface area contributed by atoms with Crippen LogP contribution in [-0.2, 0) is 0 Å². The lowest BCUT2D eigenvalue weighted by Crippen LogP contribution is -2.03. The van der Waals surface area contributed by atoms with Crippen LogP contribution in [0.2, 0.25) is 0 Å². The Bertz CT molecular complexity index is 758. The second-order valence-electron chi connectivity index (χ2n) is 3.92. The molecule has 0 fully saturated rings. The van der Waals surface area contributed by atoms with Crippen molar-refractivity contribution < 1.29 is 13.5 Å². The van der Waals surface area contributed by atoms with E-state index >= 15 is 0 Å². The van der Waals surface area contributed by atoms with Crippen molar-refractivity contribution in [1.82, 2.24) is 19.9 Å². The van der Waals surface area contributed by atoms with Gasteiger partial charge >= 0.3 is 6.61 Å². The molecule has 102 valence electrons. The highest BCUT2D eigenvalue weighted by Gasteiger charge is 2.15. The van der Waals surface area contributed by atoms with E-state index in [1.807, 2.05) is 0 Å². The van der Waals surface area contributed by atoms with Crippen molar-refractivity contribution in [2.24, 2.45) is 0 Å². The van der Waals surface area contributed by atoms with E-state index in [1.54, 1.807) is 18.2 Å². The van der Waals surface area contributed by atoms with Gasteiger partial charge in [-0.05, 0) is 12.1 Å². The summed E-state index contributed by atoms with van der Waals surface area (Å²) in [5, 5.41) is 0. The van der Waals surface area contributed by atoms with E-state index in [9.17, 15) is 8.78 Å². The van der Waals surface area contributed by atoms with Crippen LogP contribution in [0.4, 0.5) is 14.6 Å². The number of nitrogens with two attached hydrogens (primary N) is 1. The second kappa shape index (κ2) is 4.72. The molecule has 3 aromatic rings. The maximum Gasteiger partial charge on any atom is 0.387 e. The van der Waals surface area contributed by atoms with Gasteiger partial charge in [-0.1, -0.05) is 12.1 Å². The first-order valence-corrected chi connectivity index (χ1v) is 5.65. The maximum atomic E-state index is 12.4. The first kappa shape index (κ1) is 12.3. The molecule has 0 aliphatic rings. The van der Waals surface area contributed by atoms with E-state index in [2.05, 4.69) is 24.7 Å². The van der Waals surface area contributed by atoms with Crippen LogP contribution in [0.5, 0.6) is 5.75 Å². The van der Waals surface area contributed by atoms with Crippen LogP contribution < -0.4 is 10.5 Å². The second-order valence-corrected chi connectivity index (χ2v) is 3.92. The molecule has 0 radical (unpaired) electrons. The maximum absolute atomic E-state index is 12.4. The number of rotatable bonds is 3. The van der Waals surface area contributed by atoms with Crippen molar-refractivity contribution in [2.75, 3.05) is 5.73 Å². The monoisotopic (exact) mass is 277 g/mol. The van der Waals surface area contributed by atoms with Crippen LogP contribution in [0.25, 0.3) is 22.6 Å². The van der Waals surface area contributed by atoms with Crippen LogP contribution in [-0.4, -0.2) is 26.5 Å². The fraction of sp³-hybridized carbons (Fsp3) is 0.0833. The summed E-state index contributed by atoms with van der Waals surface area (Å²) < 4.78 is 29.2. The number of nitrogens with one attached hydrogen (secondary N) is 1. The Hall–Kier alpha value is -2.77. The lowest BCUT2D eigenvalue weighted by Gasteiger charge is -2.08. The summed E-state index contributed by atoms with van der Waals surface area (Å²) in [6, 6.07) is 6.33. The Balaban J connectivity index is 2.13. The molecule has 2 aromatic heterocycles. The summed E-state index contributed by atoms with van der Waals surface area (Å²) >= 11 is 0. The average Bonchev–Trinajstić information content (AvgIpc) is 2.84. The highest BCUT2D eigenvalue weighted by atomic mass is 19.3. The molecule has 20 heavy (non-hydrogen) atoms. The molecule has 3 N–H and O–H groups in total. The summed E-state index contributed by atoms with van der Waals surface area (Å²) in [4.78, 5) is 14.9. The molecule has 0 saturated heterocycles. The van der Waals surface area contributed by atoms with Gasteiger partial charge in [-0.2, -0.15) is 8.78 Å². The number of alkyl halides is 2. The topological polar surface area (TPSA) is 89.7 Å². The number of aromatic amines is 1. The molecule has 0 unspecified atom stereocenters. The summed E-state index contributed by atoms with van der Waals surface area (Å²) in [5.41, 5.74) is 6.90. The number of fused-ring (bicyclic) bond motifs is 1. The van der Waals surface area contributed by atoms with Crippen LogP contribution in [0.1, 0.15) is 0 Å². The number of nitrogens with zero attached hydrogens (tertiary/aromatic N) is 3. The molecular formula is C12H9F2N5O. The highest BCUT2D eigenvalue weighted by molar-refractivity contribution is 5.84. The first-order chi connectivity index (χ1) is 9.65. The van der Waals surface area contributed by atoms with E-state index < -0.39 is 6.61 Å². The smallest absolute Gasteiger partial charge is 0.387 e. The van der Waals surface area contributed by atoms with Crippen LogP contribution in [0, 0.1) is 0 Å². The molecule has 0 amide bonds. The van der Waals surface area contributed by atoms with Crippen molar-refractivity contribution >= 4 is 17.0 Å². The van der Waals surface area contributed by atoms with Crippen molar-refractivity contribution in [3.8, 4) is 17.1 Å². The molecule has 8 heteroatoms. The zero-order valence-electron chi connectivity index (χ0n) is 10.0. The lowest BCUT2D eigenvalue weighted by atomic mass is 10.2. The number of H-pyrrole nitrogens is 1. The van der Waals surface area contributed by atoms with E-state index in [0.717, 1.165) is 0 Å². The molecule has 1 aromatic carbocycles. The third-order valence-corrected chi connectivity index (χ3v) is 2.68. The third kappa shape index (κ3) is 2.11. The number of benzene rings is 1. The Morgan fingerprint density at radius 1 is 1.20 bits per heavy atom. The van der Waals surface area contributed by atoms with Gasteiger partial charge in [0, 0.05) is 0 Å². The predicted octanol–water partition coefficient (Wildman–Crippen LogP) is 2.20. The summed E-state index contributed by atoms with van der Waals surface area (Å²) in [6.07, 6.45) is 1.28. The first-order valence-electron chi connectivity index (χ1n) is 5.65. The number of ether oxygens (including phenoxy) is 1. The Morgan fingerprint density at radius 3 is 2.75 bits per heavy atom. The van der Waals surface area contributed by atoms with Crippen LogP contribution >= 0.6 is 0 Å². The number of imidazole rings is 1. The van der Waals surface area contributed by atoms with E-state index in [4.69, 9.17) is 5.73 Å². The van der Waals surface area contributed by atoms with E-state index in [0.29, 0.717) is 22.6 Å². The molecule has 0 aliphatic heterocycles. The van der Waals surface area contributed by atoms with E-state index in [1.165, 1.54) is 12.4 Å². The van der Waals surface area contributed by atoms with Gasteiger partial charge in [-0.3, -0.25) is 0 Å². The zero-order valence-corrected chi connectivity index (χ0v) is 10.0. The Labute approximate surface area is 111 Å². The number of hydrogen-bond donors (Lipinski definition) is 2. The minimum atomic E-state index is -2.91. The molecule has 6 nitrogen and oxygen atoms in total. The number of aromatic nitrogens is 4. The van der Waals surface area contributed by atoms with Gasteiger partial charge in [-0.15, -0.1) is 0 Å². The molecule has 0 bridgehead atoms. The fourth-order valence-corrected chi connectivity index (χ4v) is 1.83. The van der Waals surface area contributed by atoms with Crippen molar-refractivity contribution in [2.45, 2.75) is 6.61 Å². The SMILES string of the molecule is Nc1ncnc2nc(-c3ccccc3OC(F)F)[nH]c12. The van der Waals surface area contributed by atoms with Crippen molar-refractivity contribution in [3.63, 3.8) is 0 Å². The normalized spacial score (nSPS) is 11.2. The highest BCUT2D eigenvalue weighted by Crippen LogP contribution is 2.30. The number of halogens is 2. The quantitative estimate of drug-likeness (QED) is 0.766. The molecule has 0 aliphatic carbocycles. The molecular weight excluding hydrogens is 268 g/mol. The van der Waals surface area contributed by atoms with Crippen molar-refractivity contribution in [3.05, 3.63) is 30.6 Å². The summed E-state index contributed by atoms with van der Waals surface area (Å²) in [5.74, 6) is 0.595. The molecule has 0 atom stereocenters. The van der Waals surface area contributed by atoms with Gasteiger partial charge < -0.3 is 15.5 Å². The van der Waals surface area contributed by atoms with E-state index in [-0.39, 0.29) is 11.6 Å². The van der Waals surface area contributed by atoms with Gasteiger partial charge in [0.15, 0.2) is 11.5 Å².